The summed E-state index contributed by atoms with van der Waals surface area (Å²) in [4.78, 5) is 36.0. The van der Waals surface area contributed by atoms with Gasteiger partial charge < -0.3 is 21.1 Å². The van der Waals surface area contributed by atoms with E-state index in [2.05, 4.69) is 11.1 Å². The van der Waals surface area contributed by atoms with Gasteiger partial charge in [0.15, 0.2) is 5.78 Å². The van der Waals surface area contributed by atoms with Gasteiger partial charge in [0.25, 0.3) is 7.37 Å². The zero-order valence-electron chi connectivity index (χ0n) is 18.8. The lowest BCUT2D eigenvalue weighted by atomic mass is 9.99. The summed E-state index contributed by atoms with van der Waals surface area (Å²) in [6, 6.07) is 25.8. The second-order valence-corrected chi connectivity index (χ2v) is 10.8. The second kappa shape index (κ2) is 11.7. The van der Waals surface area contributed by atoms with Crippen molar-refractivity contribution >= 4 is 19.2 Å². The molecule has 0 spiro atoms. The summed E-state index contributed by atoms with van der Waals surface area (Å²) in [6.07, 6.45) is 0.00357. The van der Waals surface area contributed by atoms with Crippen LogP contribution < -0.4 is 11.1 Å². The fourth-order valence-corrected chi connectivity index (χ4v) is 5.65. The van der Waals surface area contributed by atoms with Gasteiger partial charge >= 0.3 is 5.97 Å². The van der Waals surface area contributed by atoms with Gasteiger partial charge in [-0.1, -0.05) is 91.0 Å². The second-order valence-electron chi connectivity index (χ2n) is 8.34. The molecule has 0 saturated heterocycles. The zero-order valence-corrected chi connectivity index (χ0v) is 19.7. The number of carbonyl (C=O) groups is 2. The number of benzene rings is 3. The fourth-order valence-electron chi connectivity index (χ4n) is 3.83. The highest BCUT2D eigenvalue weighted by Crippen LogP contribution is 2.52. The van der Waals surface area contributed by atoms with E-state index in [-0.39, 0.29) is 19.0 Å². The van der Waals surface area contributed by atoms with Crippen molar-refractivity contribution in [3.8, 4) is 0 Å². The van der Waals surface area contributed by atoms with Crippen LogP contribution in [0.2, 0.25) is 0 Å². The van der Waals surface area contributed by atoms with Crippen LogP contribution in [-0.2, 0) is 27.0 Å². The van der Waals surface area contributed by atoms with E-state index in [0.717, 1.165) is 11.1 Å². The van der Waals surface area contributed by atoms with Crippen molar-refractivity contribution < 1.29 is 29.9 Å². The Morgan fingerprint density at radius 1 is 0.824 bits per heavy atom. The molecule has 1 amide bonds. The predicted octanol–water partition coefficient (Wildman–Crippen LogP) is 2.87. The molecule has 3 rings (SSSR count). The minimum absolute atomic E-state index is 0.110. The van der Waals surface area contributed by atoms with E-state index in [0.29, 0.717) is 5.56 Å². The number of carboxylic acid groups (broad SMARTS) is 1. The molecule has 3 aromatic rings. The molecule has 34 heavy (non-hydrogen) atoms. The van der Waals surface area contributed by atoms with Gasteiger partial charge in [-0.3, -0.25) is 9.36 Å². The van der Waals surface area contributed by atoms with Crippen LogP contribution in [-0.4, -0.2) is 34.1 Å². The molecule has 0 radical (unpaired) electrons. The smallest absolute Gasteiger partial charge is 0.326 e. The number of rotatable bonds is 11. The van der Waals surface area contributed by atoms with Gasteiger partial charge in [-0.2, -0.15) is 0 Å². The van der Waals surface area contributed by atoms with Crippen LogP contribution >= 0.6 is 7.37 Å². The highest BCUT2D eigenvalue weighted by molar-refractivity contribution is 7.58. The summed E-state index contributed by atoms with van der Waals surface area (Å²) in [5.74, 6) is -3.54. The van der Waals surface area contributed by atoms with Crippen molar-refractivity contribution in [1.29, 1.82) is 0 Å². The summed E-state index contributed by atoms with van der Waals surface area (Å²) in [6.45, 7) is 0. The summed E-state index contributed by atoms with van der Waals surface area (Å²) in [5, 5.41) is 12.3. The third kappa shape index (κ3) is 7.12. The van der Waals surface area contributed by atoms with Gasteiger partial charge in [0.05, 0.1) is 5.92 Å². The van der Waals surface area contributed by atoms with Crippen LogP contribution in [0.15, 0.2) is 91.0 Å². The summed E-state index contributed by atoms with van der Waals surface area (Å²) in [5.41, 5.74) is 6.10. The van der Waals surface area contributed by atoms with E-state index < -0.39 is 37.0 Å². The highest BCUT2D eigenvalue weighted by atomic mass is 31.2. The van der Waals surface area contributed by atoms with Gasteiger partial charge in [-0.25, -0.2) is 4.79 Å². The minimum Gasteiger partial charge on any atom is -0.480 e. The fraction of sp³-hybridized carbons (Fsp3) is 0.231. The Bertz CT molecular complexity index is 1130. The molecule has 6 N–H and O–H groups in total. The molecular formula is C26H30N2O5P+. The topological polar surface area (TPSA) is 131 Å². The Hall–Kier alpha value is -3.25. The molecular weight excluding hydrogens is 451 g/mol. The van der Waals surface area contributed by atoms with Crippen LogP contribution in [0.1, 0.15) is 22.5 Å². The van der Waals surface area contributed by atoms with E-state index in [4.69, 9.17) is 0 Å². The quantitative estimate of drug-likeness (QED) is 0.313. The standard InChI is InChI=1S/C26H29N2O5P/c27-24(21-14-8-3-9-15-21)34(32,33)18-22(16-19-10-4-1-5-11-19)25(29)28-23(26(30)31)17-20-12-6-2-7-13-20/h1-15,22-24H,16-18,27H2,(H,28,29)(H,30,31)(H,32,33)/p+1/t22-,23+,24+/m1/s1. The molecule has 7 nitrogen and oxygen atoms in total. The van der Waals surface area contributed by atoms with Crippen LogP contribution in [0.25, 0.3) is 0 Å². The average Bonchev–Trinajstić information content (AvgIpc) is 2.84. The van der Waals surface area contributed by atoms with Crippen LogP contribution in [0.4, 0.5) is 0 Å². The monoisotopic (exact) mass is 481 g/mol. The summed E-state index contributed by atoms with van der Waals surface area (Å²) < 4.78 is 13.3. The molecule has 0 aliphatic heterocycles. The van der Waals surface area contributed by atoms with Crippen molar-refractivity contribution in [3.05, 3.63) is 108 Å². The molecule has 0 aromatic heterocycles. The van der Waals surface area contributed by atoms with Gasteiger partial charge in [-0.05, 0) is 17.5 Å². The molecule has 3 aromatic carbocycles. The van der Waals surface area contributed by atoms with Gasteiger partial charge in [0.1, 0.15) is 6.04 Å². The van der Waals surface area contributed by atoms with E-state index in [9.17, 15) is 24.2 Å². The van der Waals surface area contributed by atoms with Crippen LogP contribution in [0.5, 0.6) is 0 Å². The number of aliphatic carboxylic acids is 1. The van der Waals surface area contributed by atoms with Crippen molar-refractivity contribution in [2.75, 3.05) is 6.16 Å². The van der Waals surface area contributed by atoms with E-state index in [1.54, 1.807) is 48.5 Å². The molecule has 178 valence electrons. The maximum Gasteiger partial charge on any atom is 0.326 e. The molecule has 4 atom stereocenters. The van der Waals surface area contributed by atoms with Crippen LogP contribution in [0.3, 0.4) is 0 Å². The molecule has 0 heterocycles. The Labute approximate surface area is 199 Å². The van der Waals surface area contributed by atoms with Crippen LogP contribution in [0, 0.1) is 5.92 Å². The first kappa shape index (κ1) is 25.4. The molecule has 0 saturated carbocycles. The minimum atomic E-state index is -3.91. The molecule has 0 aliphatic rings. The van der Waals surface area contributed by atoms with Gasteiger partial charge in [-0.15, -0.1) is 0 Å². The summed E-state index contributed by atoms with van der Waals surface area (Å²) in [7, 11) is -3.91. The first-order chi connectivity index (χ1) is 16.3. The third-order valence-corrected chi connectivity index (χ3v) is 7.98. The lowest BCUT2D eigenvalue weighted by Gasteiger charge is -2.24. The maximum absolute atomic E-state index is 13.3. The van der Waals surface area contributed by atoms with E-state index >= 15 is 0 Å². The first-order valence-corrected chi connectivity index (χ1v) is 13.0. The SMILES string of the molecule is [NH3+][C@H](c1ccccc1)P(=O)(O)C[C@@H](Cc1ccccc1)C(=O)N[C@@H](Cc1ccccc1)C(=O)O. The highest BCUT2D eigenvalue weighted by Gasteiger charge is 2.38. The lowest BCUT2D eigenvalue weighted by molar-refractivity contribution is -0.397. The Kier molecular flexibility index (Phi) is 8.77. The molecule has 0 bridgehead atoms. The average molecular weight is 482 g/mol. The largest absolute Gasteiger partial charge is 0.480 e. The van der Waals surface area contributed by atoms with Gasteiger partial charge in [0.2, 0.25) is 5.91 Å². The number of amides is 1. The number of hydrogen-bond donors (Lipinski definition) is 4. The zero-order chi connectivity index (χ0) is 24.6. The van der Waals surface area contributed by atoms with Crippen molar-refractivity contribution in [3.63, 3.8) is 0 Å². The lowest BCUT2D eigenvalue weighted by Crippen LogP contribution is -2.54. The normalized spacial score (nSPS) is 15.5. The number of carbonyl (C=O) groups excluding carboxylic acids is 1. The molecule has 1 unspecified atom stereocenters. The van der Waals surface area contributed by atoms with Crippen molar-refractivity contribution in [1.82, 2.24) is 5.32 Å². The van der Waals surface area contributed by atoms with E-state index in [1.165, 1.54) is 0 Å². The molecule has 8 heteroatoms. The molecule has 0 aliphatic carbocycles. The first-order valence-electron chi connectivity index (χ1n) is 11.1. The Balaban J connectivity index is 1.81. The number of carboxylic acids is 1. The Morgan fingerprint density at radius 2 is 1.29 bits per heavy atom. The Morgan fingerprint density at radius 3 is 1.79 bits per heavy atom. The molecule has 0 fully saturated rings. The summed E-state index contributed by atoms with van der Waals surface area (Å²) >= 11 is 0. The van der Waals surface area contributed by atoms with Crippen molar-refractivity contribution in [2.45, 2.75) is 24.7 Å². The van der Waals surface area contributed by atoms with Gasteiger partial charge in [0, 0.05) is 18.1 Å². The van der Waals surface area contributed by atoms with E-state index in [1.807, 2.05) is 42.5 Å². The number of nitrogens with one attached hydrogen (secondary N) is 1. The number of hydrogen-bond acceptors (Lipinski definition) is 3. The van der Waals surface area contributed by atoms with Crippen molar-refractivity contribution in [2.24, 2.45) is 5.92 Å². The predicted molar refractivity (Wildman–Crippen MR) is 130 cm³/mol. The maximum atomic E-state index is 13.3. The number of quaternary nitrogens is 1. The third-order valence-electron chi connectivity index (χ3n) is 5.75.